The Kier molecular flexibility index (Phi) is 25.9. The number of carbonyl (C=O) groups excluding carboxylic acids is 1. The van der Waals surface area contributed by atoms with Gasteiger partial charge in [-0.2, -0.15) is 0 Å². The van der Waals surface area contributed by atoms with E-state index in [2.05, 4.69) is 17.2 Å². The third-order valence-corrected chi connectivity index (χ3v) is 5.59. The molecule has 0 rings (SSSR count). The summed E-state index contributed by atoms with van der Waals surface area (Å²) in [6, 6.07) is -0.877. The number of amides is 1. The van der Waals surface area contributed by atoms with E-state index in [1.165, 1.54) is 77.0 Å². The van der Waals surface area contributed by atoms with Crippen molar-refractivity contribution >= 4 is 17.8 Å². The molecule has 0 saturated carbocycles. The third-order valence-electron chi connectivity index (χ3n) is 5.59. The van der Waals surface area contributed by atoms with Crippen LogP contribution in [0.3, 0.4) is 0 Å². The fourth-order valence-electron chi connectivity index (χ4n) is 3.68. The molecule has 0 saturated heterocycles. The van der Waals surface area contributed by atoms with Crippen LogP contribution in [-0.2, 0) is 9.59 Å². The summed E-state index contributed by atoms with van der Waals surface area (Å²) in [6.07, 6.45) is 20.4. The van der Waals surface area contributed by atoms with Crippen LogP contribution in [0.2, 0.25) is 0 Å². The number of nitrogens with two attached hydrogens (primary N) is 2. The van der Waals surface area contributed by atoms with E-state index in [1.54, 1.807) is 0 Å². The average Bonchev–Trinajstić information content (AvgIpc) is 2.72. The second-order valence-electron chi connectivity index (χ2n) is 8.61. The predicted molar refractivity (Wildman–Crippen MR) is 130 cm³/mol. The molecule has 0 aliphatic heterocycles. The summed E-state index contributed by atoms with van der Waals surface area (Å²) >= 11 is 0. The van der Waals surface area contributed by atoms with Crippen molar-refractivity contribution in [3.63, 3.8) is 0 Å². The molecule has 0 aromatic heterocycles. The number of carboxylic acids is 1. The predicted octanol–water partition coefficient (Wildman–Crippen LogP) is 1.99. The van der Waals surface area contributed by atoms with Gasteiger partial charge >= 0.3 is 35.5 Å². The van der Waals surface area contributed by atoms with Gasteiger partial charge in [-0.3, -0.25) is 9.79 Å². The number of carbonyl (C=O) groups is 2. The molecule has 7 nitrogen and oxygen atoms in total. The normalized spacial score (nSPS) is 11.4. The summed E-state index contributed by atoms with van der Waals surface area (Å²) < 4.78 is 0. The van der Waals surface area contributed by atoms with Crippen LogP contribution < -0.4 is 46.3 Å². The first-order valence-corrected chi connectivity index (χ1v) is 12.5. The van der Waals surface area contributed by atoms with Gasteiger partial charge in [-0.15, -0.1) is 0 Å². The van der Waals surface area contributed by atoms with Gasteiger partial charge < -0.3 is 23.3 Å². The molecule has 0 aromatic rings. The van der Waals surface area contributed by atoms with Crippen LogP contribution in [0.15, 0.2) is 4.99 Å². The summed E-state index contributed by atoms with van der Waals surface area (Å²) in [6.45, 7) is 2.62. The zero-order valence-electron chi connectivity index (χ0n) is 21.9. The van der Waals surface area contributed by atoms with E-state index in [0.29, 0.717) is 25.8 Å². The van der Waals surface area contributed by atoms with Crippen molar-refractivity contribution in [3.8, 4) is 0 Å². The van der Waals surface area contributed by atoms with Crippen molar-refractivity contribution in [2.75, 3.05) is 6.54 Å². The minimum Gasteiger partial charge on any atom is -1.00 e. The molecule has 1 amide bonds. The van der Waals surface area contributed by atoms with Gasteiger partial charge in [0.05, 0.1) is 0 Å². The van der Waals surface area contributed by atoms with Crippen LogP contribution in [0.5, 0.6) is 0 Å². The summed E-state index contributed by atoms with van der Waals surface area (Å²) in [5.41, 5.74) is 10.5. The Morgan fingerprint density at radius 3 is 1.66 bits per heavy atom. The summed E-state index contributed by atoms with van der Waals surface area (Å²) in [5, 5.41) is 11.8. The van der Waals surface area contributed by atoms with Crippen LogP contribution in [-0.4, -0.2) is 35.5 Å². The molecule has 1 unspecified atom stereocenters. The fourth-order valence-corrected chi connectivity index (χ4v) is 3.68. The number of carboxylic acid groups (broad SMARTS) is 1. The maximum absolute atomic E-state index is 12.0. The molecule has 0 spiro atoms. The zero-order valence-corrected chi connectivity index (χ0v) is 22.9. The average molecular weight is 465 g/mol. The quantitative estimate of drug-likeness (QED) is 0.0842. The molecule has 0 aliphatic carbocycles. The van der Waals surface area contributed by atoms with E-state index < -0.39 is 12.0 Å². The molecule has 8 heteroatoms. The molecule has 0 aliphatic rings. The van der Waals surface area contributed by atoms with Gasteiger partial charge in [0.25, 0.3) is 0 Å². The molecule has 0 aromatic carbocycles. The van der Waals surface area contributed by atoms with Crippen LogP contribution in [0.4, 0.5) is 0 Å². The minimum atomic E-state index is -1.02. The SMILES string of the molecule is CCCCCCCCCCCCCCCCCC(=O)NC(CCCN=C(N)N)C(=O)O.[H-].[Na+]. The van der Waals surface area contributed by atoms with Gasteiger partial charge in [0, 0.05) is 13.0 Å². The van der Waals surface area contributed by atoms with Crippen LogP contribution in [0.1, 0.15) is 124 Å². The largest absolute Gasteiger partial charge is 1.00 e. The Bertz CT molecular complexity index is 492. The number of guanidine groups is 1. The topological polar surface area (TPSA) is 131 Å². The molecular formula is C24H49N4NaO3. The van der Waals surface area contributed by atoms with Gasteiger partial charge in [0.15, 0.2) is 5.96 Å². The number of hydrogen-bond donors (Lipinski definition) is 4. The zero-order chi connectivity index (χ0) is 23.2. The fraction of sp³-hybridized carbons (Fsp3) is 0.875. The van der Waals surface area contributed by atoms with E-state index in [4.69, 9.17) is 11.5 Å². The Labute approximate surface area is 219 Å². The molecule has 184 valence electrons. The summed E-state index contributed by atoms with van der Waals surface area (Å²) in [7, 11) is 0. The number of rotatable bonds is 22. The molecule has 6 N–H and O–H groups in total. The van der Waals surface area contributed by atoms with Crippen molar-refractivity contribution < 1.29 is 45.7 Å². The van der Waals surface area contributed by atoms with Gasteiger partial charge in [-0.1, -0.05) is 96.8 Å². The van der Waals surface area contributed by atoms with E-state index in [0.717, 1.165) is 19.3 Å². The van der Waals surface area contributed by atoms with Crippen molar-refractivity contribution in [2.45, 2.75) is 129 Å². The van der Waals surface area contributed by atoms with Crippen molar-refractivity contribution in [1.29, 1.82) is 0 Å². The first-order valence-electron chi connectivity index (χ1n) is 12.5. The van der Waals surface area contributed by atoms with Crippen LogP contribution in [0, 0.1) is 0 Å². The Morgan fingerprint density at radius 1 is 0.812 bits per heavy atom. The van der Waals surface area contributed by atoms with Gasteiger partial charge in [0.1, 0.15) is 6.04 Å². The summed E-state index contributed by atoms with van der Waals surface area (Å²) in [4.78, 5) is 27.1. The van der Waals surface area contributed by atoms with Gasteiger partial charge in [0.2, 0.25) is 5.91 Å². The van der Waals surface area contributed by atoms with E-state index in [9.17, 15) is 14.7 Å². The number of nitrogens with one attached hydrogen (secondary N) is 1. The number of hydrogen-bond acceptors (Lipinski definition) is 3. The number of nitrogens with zero attached hydrogens (tertiary/aromatic N) is 1. The van der Waals surface area contributed by atoms with E-state index >= 15 is 0 Å². The monoisotopic (exact) mass is 464 g/mol. The maximum Gasteiger partial charge on any atom is 1.00 e. The Balaban J connectivity index is -0.00000450. The van der Waals surface area contributed by atoms with E-state index in [-0.39, 0.29) is 42.9 Å². The second kappa shape index (κ2) is 24.8. The molecule has 0 radical (unpaired) electrons. The van der Waals surface area contributed by atoms with E-state index in [1.807, 2.05) is 0 Å². The smallest absolute Gasteiger partial charge is 1.00 e. The first kappa shape index (κ1) is 33.4. The van der Waals surface area contributed by atoms with Crippen LogP contribution in [0.25, 0.3) is 0 Å². The van der Waals surface area contributed by atoms with Crippen molar-refractivity contribution in [2.24, 2.45) is 16.5 Å². The summed E-state index contributed by atoms with van der Waals surface area (Å²) in [5.74, 6) is -1.22. The first-order chi connectivity index (χ1) is 15.0. The second-order valence-corrected chi connectivity index (χ2v) is 8.61. The molecule has 32 heavy (non-hydrogen) atoms. The van der Waals surface area contributed by atoms with Crippen molar-refractivity contribution in [1.82, 2.24) is 5.32 Å². The Hall–Kier alpha value is -0.790. The molecule has 1 atom stereocenters. The van der Waals surface area contributed by atoms with Crippen molar-refractivity contribution in [3.05, 3.63) is 0 Å². The molecule has 0 heterocycles. The molecular weight excluding hydrogens is 415 g/mol. The van der Waals surface area contributed by atoms with Gasteiger partial charge in [-0.25, -0.2) is 4.79 Å². The van der Waals surface area contributed by atoms with Gasteiger partial charge in [-0.05, 0) is 19.3 Å². The number of aliphatic imine (C=N–C) groups is 1. The maximum atomic E-state index is 12.0. The minimum absolute atomic E-state index is 0. The Morgan fingerprint density at radius 2 is 1.25 bits per heavy atom. The number of unbranched alkanes of at least 4 members (excludes halogenated alkanes) is 14. The number of aliphatic carboxylic acids is 1. The molecule has 0 fully saturated rings. The third kappa shape index (κ3) is 23.9. The van der Waals surface area contributed by atoms with Crippen LogP contribution >= 0.6 is 0 Å². The molecule has 0 bridgehead atoms. The standard InChI is InChI=1S/C24H48N4O3.Na.H/c1-2-3-4-5-6-7-8-9-10-11-12-13-14-15-16-19-22(29)28-21(23(30)31)18-17-20-27-24(25)26;;/h21H,2-20H2,1H3,(H,28,29)(H,30,31)(H4,25,26,27);;/q;+1;-1.